The summed E-state index contributed by atoms with van der Waals surface area (Å²) >= 11 is 0. The Bertz CT molecular complexity index is 586. The standard InChI is InChI=1S/C15H9F3/c1-2-11-5-3-4-6-14(11)12-7-9-13(10-8-12)15(16,17)18/h1,3-10H. The van der Waals surface area contributed by atoms with E-state index in [-0.39, 0.29) is 0 Å². The van der Waals surface area contributed by atoms with Crippen molar-refractivity contribution < 1.29 is 13.2 Å². The summed E-state index contributed by atoms with van der Waals surface area (Å²) in [5.74, 6) is 2.52. The summed E-state index contributed by atoms with van der Waals surface area (Å²) in [6, 6.07) is 12.1. The summed E-state index contributed by atoms with van der Waals surface area (Å²) in [4.78, 5) is 0. The van der Waals surface area contributed by atoms with Gasteiger partial charge in [-0.1, -0.05) is 36.3 Å². The lowest BCUT2D eigenvalue weighted by Crippen LogP contribution is -2.04. The fourth-order valence-corrected chi connectivity index (χ4v) is 1.70. The zero-order valence-corrected chi connectivity index (χ0v) is 9.33. The highest BCUT2D eigenvalue weighted by atomic mass is 19.4. The van der Waals surface area contributed by atoms with Gasteiger partial charge in [0.05, 0.1) is 5.56 Å². The molecule has 0 saturated carbocycles. The Morgan fingerprint density at radius 2 is 1.50 bits per heavy atom. The van der Waals surface area contributed by atoms with Gasteiger partial charge < -0.3 is 0 Å². The molecule has 0 atom stereocenters. The maximum absolute atomic E-state index is 12.4. The van der Waals surface area contributed by atoms with Crippen LogP contribution in [0.1, 0.15) is 11.1 Å². The first-order valence-electron chi connectivity index (χ1n) is 5.25. The molecule has 0 aliphatic rings. The molecular formula is C15H9F3. The molecule has 0 heterocycles. The van der Waals surface area contributed by atoms with Crippen molar-refractivity contribution in [3.05, 3.63) is 59.7 Å². The van der Waals surface area contributed by atoms with E-state index in [9.17, 15) is 13.2 Å². The van der Waals surface area contributed by atoms with Crippen LogP contribution in [0.5, 0.6) is 0 Å². The molecule has 0 spiro atoms. The highest BCUT2D eigenvalue weighted by Gasteiger charge is 2.29. The Balaban J connectivity index is 2.45. The summed E-state index contributed by atoms with van der Waals surface area (Å²) in [7, 11) is 0. The molecule has 0 nitrogen and oxygen atoms in total. The maximum atomic E-state index is 12.4. The SMILES string of the molecule is C#Cc1ccccc1-c1ccc(C(F)(F)F)cc1. The van der Waals surface area contributed by atoms with Gasteiger partial charge in [-0.3, -0.25) is 0 Å². The molecule has 0 fully saturated rings. The van der Waals surface area contributed by atoms with Gasteiger partial charge in [-0.05, 0) is 29.3 Å². The Morgan fingerprint density at radius 1 is 0.889 bits per heavy atom. The lowest BCUT2D eigenvalue weighted by atomic mass is 9.99. The first kappa shape index (κ1) is 12.3. The second kappa shape index (κ2) is 4.58. The molecule has 0 saturated heterocycles. The average Bonchev–Trinajstić information content (AvgIpc) is 2.38. The Hall–Kier alpha value is -2.21. The van der Waals surface area contributed by atoms with Crippen molar-refractivity contribution in [1.82, 2.24) is 0 Å². The summed E-state index contributed by atoms with van der Waals surface area (Å²) in [5, 5.41) is 0. The fourth-order valence-electron chi connectivity index (χ4n) is 1.70. The van der Waals surface area contributed by atoms with Gasteiger partial charge in [0.2, 0.25) is 0 Å². The van der Waals surface area contributed by atoms with E-state index in [1.54, 1.807) is 24.3 Å². The van der Waals surface area contributed by atoms with Gasteiger partial charge in [-0.2, -0.15) is 13.2 Å². The number of halogens is 3. The number of benzene rings is 2. The van der Waals surface area contributed by atoms with Crippen LogP contribution >= 0.6 is 0 Å². The van der Waals surface area contributed by atoms with Crippen molar-refractivity contribution in [2.24, 2.45) is 0 Å². The molecule has 0 bridgehead atoms. The Kier molecular flexibility index (Phi) is 3.12. The zero-order chi connectivity index (χ0) is 13.2. The van der Waals surface area contributed by atoms with Gasteiger partial charge in [0.15, 0.2) is 0 Å². The highest BCUT2D eigenvalue weighted by Crippen LogP contribution is 2.31. The van der Waals surface area contributed by atoms with E-state index in [4.69, 9.17) is 6.42 Å². The van der Waals surface area contributed by atoms with Crippen molar-refractivity contribution in [2.45, 2.75) is 6.18 Å². The molecule has 0 aliphatic carbocycles. The van der Waals surface area contributed by atoms with Crippen LogP contribution in [0.2, 0.25) is 0 Å². The molecular weight excluding hydrogens is 237 g/mol. The molecule has 0 aliphatic heterocycles. The predicted octanol–water partition coefficient (Wildman–Crippen LogP) is 4.35. The Morgan fingerprint density at radius 3 is 2.06 bits per heavy atom. The van der Waals surface area contributed by atoms with Crippen molar-refractivity contribution in [3.63, 3.8) is 0 Å². The third kappa shape index (κ3) is 2.38. The first-order chi connectivity index (χ1) is 8.52. The fraction of sp³-hybridized carbons (Fsp3) is 0.0667. The molecule has 2 rings (SSSR count). The second-order valence-corrected chi connectivity index (χ2v) is 3.77. The lowest BCUT2D eigenvalue weighted by molar-refractivity contribution is -0.137. The highest BCUT2D eigenvalue weighted by molar-refractivity contribution is 5.71. The van der Waals surface area contributed by atoms with E-state index in [1.165, 1.54) is 12.1 Å². The summed E-state index contributed by atoms with van der Waals surface area (Å²) in [6.07, 6.45) is 1.04. The smallest absolute Gasteiger partial charge is 0.166 e. The van der Waals surface area contributed by atoms with Crippen LogP contribution in [0.4, 0.5) is 13.2 Å². The van der Waals surface area contributed by atoms with Crippen LogP contribution in [-0.2, 0) is 6.18 Å². The first-order valence-corrected chi connectivity index (χ1v) is 5.25. The molecule has 2 aromatic carbocycles. The molecule has 0 unspecified atom stereocenters. The molecule has 0 amide bonds. The summed E-state index contributed by atoms with van der Waals surface area (Å²) < 4.78 is 37.3. The molecule has 18 heavy (non-hydrogen) atoms. The molecule has 0 N–H and O–H groups in total. The number of rotatable bonds is 1. The van der Waals surface area contributed by atoms with Gasteiger partial charge in [0, 0.05) is 5.56 Å². The van der Waals surface area contributed by atoms with E-state index in [0.717, 1.165) is 17.7 Å². The number of hydrogen-bond acceptors (Lipinski definition) is 0. The van der Waals surface area contributed by atoms with E-state index >= 15 is 0 Å². The molecule has 3 heteroatoms. The normalized spacial score (nSPS) is 11.0. The van der Waals surface area contributed by atoms with Crippen LogP contribution in [-0.4, -0.2) is 0 Å². The van der Waals surface area contributed by atoms with E-state index < -0.39 is 11.7 Å². The van der Waals surface area contributed by atoms with Crippen molar-refractivity contribution in [1.29, 1.82) is 0 Å². The minimum absolute atomic E-state index is 0.663. The van der Waals surface area contributed by atoms with Crippen molar-refractivity contribution in [3.8, 4) is 23.5 Å². The molecule has 0 radical (unpaired) electrons. The number of alkyl halides is 3. The van der Waals surface area contributed by atoms with Gasteiger partial charge in [0.25, 0.3) is 0 Å². The van der Waals surface area contributed by atoms with E-state index in [1.807, 2.05) is 0 Å². The maximum Gasteiger partial charge on any atom is 0.416 e. The van der Waals surface area contributed by atoms with Gasteiger partial charge in [-0.25, -0.2) is 0 Å². The van der Waals surface area contributed by atoms with Gasteiger partial charge in [0.1, 0.15) is 0 Å². The van der Waals surface area contributed by atoms with Crippen LogP contribution in [0, 0.1) is 12.3 Å². The van der Waals surface area contributed by atoms with Gasteiger partial charge >= 0.3 is 6.18 Å². The quantitative estimate of drug-likeness (QED) is 0.656. The minimum Gasteiger partial charge on any atom is -0.166 e. The monoisotopic (exact) mass is 246 g/mol. The van der Waals surface area contributed by atoms with Crippen molar-refractivity contribution in [2.75, 3.05) is 0 Å². The third-order valence-corrected chi connectivity index (χ3v) is 2.61. The van der Waals surface area contributed by atoms with Crippen molar-refractivity contribution >= 4 is 0 Å². The second-order valence-electron chi connectivity index (χ2n) is 3.77. The topological polar surface area (TPSA) is 0 Å². The van der Waals surface area contributed by atoms with Gasteiger partial charge in [-0.15, -0.1) is 6.42 Å². The molecule has 2 aromatic rings. The number of hydrogen-bond donors (Lipinski definition) is 0. The molecule has 90 valence electrons. The molecule has 0 aromatic heterocycles. The van der Waals surface area contributed by atoms with E-state index in [2.05, 4.69) is 5.92 Å². The van der Waals surface area contributed by atoms with Crippen LogP contribution in [0.3, 0.4) is 0 Å². The van der Waals surface area contributed by atoms with E-state index in [0.29, 0.717) is 11.1 Å². The largest absolute Gasteiger partial charge is 0.416 e. The summed E-state index contributed by atoms with van der Waals surface area (Å²) in [5.41, 5.74) is 1.44. The van der Waals surface area contributed by atoms with Crippen LogP contribution in [0.25, 0.3) is 11.1 Å². The Labute approximate surface area is 103 Å². The predicted molar refractivity (Wildman–Crippen MR) is 64.8 cm³/mol. The van der Waals surface area contributed by atoms with Crippen LogP contribution in [0.15, 0.2) is 48.5 Å². The zero-order valence-electron chi connectivity index (χ0n) is 9.33. The lowest BCUT2D eigenvalue weighted by Gasteiger charge is -2.08. The number of terminal acetylenes is 1. The summed E-state index contributed by atoms with van der Waals surface area (Å²) in [6.45, 7) is 0. The average molecular weight is 246 g/mol. The minimum atomic E-state index is -4.32. The third-order valence-electron chi connectivity index (χ3n) is 2.61. The van der Waals surface area contributed by atoms with Crippen LogP contribution < -0.4 is 0 Å².